The molecule has 0 aliphatic carbocycles. The van der Waals surface area contributed by atoms with Crippen LogP contribution >= 0.6 is 46.7 Å². The SMILES string of the molecule is Cl.O=C(Cc1cccs1)N1CCN(Cc2nc(-c3ccc(Cl)cc3)cs2)CC1. The number of halogens is 2. The monoisotopic (exact) mass is 453 g/mol. The van der Waals surface area contributed by atoms with Crippen molar-refractivity contribution in [3.63, 3.8) is 0 Å². The van der Waals surface area contributed by atoms with E-state index in [1.165, 1.54) is 0 Å². The molecule has 28 heavy (non-hydrogen) atoms. The molecule has 0 unspecified atom stereocenters. The lowest BCUT2D eigenvalue weighted by molar-refractivity contribution is -0.132. The smallest absolute Gasteiger partial charge is 0.227 e. The normalized spacial score (nSPS) is 14.7. The number of carbonyl (C=O) groups excluding carboxylic acids is 1. The molecular weight excluding hydrogens is 433 g/mol. The molecule has 0 spiro atoms. The van der Waals surface area contributed by atoms with Crippen LogP contribution < -0.4 is 0 Å². The zero-order chi connectivity index (χ0) is 18.6. The summed E-state index contributed by atoms with van der Waals surface area (Å²) in [5.74, 6) is 0.233. The van der Waals surface area contributed by atoms with Gasteiger partial charge >= 0.3 is 0 Å². The minimum Gasteiger partial charge on any atom is -0.340 e. The summed E-state index contributed by atoms with van der Waals surface area (Å²) in [4.78, 5) is 22.7. The summed E-state index contributed by atoms with van der Waals surface area (Å²) in [7, 11) is 0. The highest BCUT2D eigenvalue weighted by Gasteiger charge is 2.22. The van der Waals surface area contributed by atoms with E-state index in [0.717, 1.165) is 58.9 Å². The zero-order valence-corrected chi connectivity index (χ0v) is 18.4. The van der Waals surface area contributed by atoms with Gasteiger partial charge in [0.05, 0.1) is 18.7 Å². The number of hydrogen-bond donors (Lipinski definition) is 0. The first-order valence-electron chi connectivity index (χ1n) is 8.90. The maximum atomic E-state index is 12.4. The van der Waals surface area contributed by atoms with Crippen LogP contribution in [-0.4, -0.2) is 46.9 Å². The van der Waals surface area contributed by atoms with Gasteiger partial charge in [-0.3, -0.25) is 9.69 Å². The number of carbonyl (C=O) groups is 1. The average molecular weight is 454 g/mol. The first-order valence-corrected chi connectivity index (χ1v) is 11.0. The van der Waals surface area contributed by atoms with Crippen molar-refractivity contribution in [2.45, 2.75) is 13.0 Å². The molecule has 0 saturated carbocycles. The molecule has 3 heterocycles. The molecule has 0 radical (unpaired) electrons. The first kappa shape index (κ1) is 21.3. The molecule has 1 amide bonds. The first-order chi connectivity index (χ1) is 13.2. The second kappa shape index (κ2) is 9.85. The summed E-state index contributed by atoms with van der Waals surface area (Å²) in [5.41, 5.74) is 2.09. The molecule has 0 N–H and O–H groups in total. The maximum Gasteiger partial charge on any atom is 0.227 e. The number of rotatable bonds is 5. The Balaban J connectivity index is 0.00000225. The predicted octanol–water partition coefficient (Wildman–Crippen LogP) is 4.83. The molecule has 1 saturated heterocycles. The van der Waals surface area contributed by atoms with Gasteiger partial charge in [-0.15, -0.1) is 35.1 Å². The third kappa shape index (κ3) is 5.33. The van der Waals surface area contributed by atoms with Crippen molar-refractivity contribution >= 4 is 52.6 Å². The van der Waals surface area contributed by atoms with Gasteiger partial charge in [-0.1, -0.05) is 29.8 Å². The molecule has 3 aromatic rings. The Morgan fingerprint density at radius 1 is 1.07 bits per heavy atom. The summed E-state index contributed by atoms with van der Waals surface area (Å²) >= 11 is 9.29. The lowest BCUT2D eigenvalue weighted by atomic mass is 10.2. The molecular formula is C20H21Cl2N3OS2. The third-order valence-electron chi connectivity index (χ3n) is 4.68. The molecule has 4 nitrogen and oxygen atoms in total. The van der Waals surface area contributed by atoms with E-state index < -0.39 is 0 Å². The fraction of sp³-hybridized carbons (Fsp3) is 0.300. The van der Waals surface area contributed by atoms with E-state index in [2.05, 4.69) is 10.3 Å². The molecule has 1 fully saturated rings. The van der Waals surface area contributed by atoms with Crippen molar-refractivity contribution in [1.82, 2.24) is 14.8 Å². The van der Waals surface area contributed by atoms with Crippen LogP contribution in [0.3, 0.4) is 0 Å². The highest BCUT2D eigenvalue weighted by molar-refractivity contribution is 7.10. The topological polar surface area (TPSA) is 36.4 Å². The lowest BCUT2D eigenvalue weighted by Crippen LogP contribution is -2.48. The van der Waals surface area contributed by atoms with Gasteiger partial charge in [0.1, 0.15) is 5.01 Å². The number of piperazine rings is 1. The number of thiazole rings is 1. The number of nitrogens with zero attached hydrogens (tertiary/aromatic N) is 3. The fourth-order valence-electron chi connectivity index (χ4n) is 3.16. The van der Waals surface area contributed by atoms with E-state index in [1.54, 1.807) is 22.7 Å². The molecule has 8 heteroatoms. The van der Waals surface area contributed by atoms with Crippen molar-refractivity contribution in [3.05, 3.63) is 62.1 Å². The van der Waals surface area contributed by atoms with Crippen LogP contribution in [0.25, 0.3) is 11.3 Å². The number of amides is 1. The standard InChI is InChI=1S/C20H20ClN3OS2.ClH/c21-16-5-3-15(4-6-16)18-14-27-19(22-18)13-23-7-9-24(10-8-23)20(25)12-17-2-1-11-26-17;/h1-6,11,14H,7-10,12-13H2;1H. The third-order valence-corrected chi connectivity index (χ3v) is 6.64. The Hall–Kier alpha value is -1.44. The largest absolute Gasteiger partial charge is 0.340 e. The van der Waals surface area contributed by atoms with Crippen molar-refractivity contribution < 1.29 is 4.79 Å². The quantitative estimate of drug-likeness (QED) is 0.554. The van der Waals surface area contributed by atoms with E-state index in [0.29, 0.717) is 6.42 Å². The summed E-state index contributed by atoms with van der Waals surface area (Å²) < 4.78 is 0. The highest BCUT2D eigenvalue weighted by atomic mass is 35.5. The second-order valence-electron chi connectivity index (χ2n) is 6.55. The van der Waals surface area contributed by atoms with E-state index >= 15 is 0 Å². The molecule has 0 bridgehead atoms. The van der Waals surface area contributed by atoms with E-state index in [1.807, 2.05) is 46.7 Å². The molecule has 148 valence electrons. The van der Waals surface area contributed by atoms with Crippen LogP contribution in [0.15, 0.2) is 47.2 Å². The van der Waals surface area contributed by atoms with Crippen LogP contribution in [0, 0.1) is 0 Å². The van der Waals surface area contributed by atoms with Gasteiger partial charge in [0.25, 0.3) is 0 Å². The minimum absolute atomic E-state index is 0. The summed E-state index contributed by atoms with van der Waals surface area (Å²) in [5, 5.41) is 5.96. The number of hydrogen-bond acceptors (Lipinski definition) is 5. The molecule has 4 rings (SSSR count). The Labute approximate surface area is 184 Å². The Morgan fingerprint density at radius 2 is 1.82 bits per heavy atom. The van der Waals surface area contributed by atoms with Crippen molar-refractivity contribution in [2.24, 2.45) is 0 Å². The molecule has 1 aliphatic rings. The van der Waals surface area contributed by atoms with Gasteiger partial charge < -0.3 is 4.90 Å². The van der Waals surface area contributed by atoms with Crippen LogP contribution in [0.2, 0.25) is 5.02 Å². The summed E-state index contributed by atoms with van der Waals surface area (Å²) in [6.07, 6.45) is 0.522. The number of benzene rings is 1. The van der Waals surface area contributed by atoms with Gasteiger partial charge in [-0.2, -0.15) is 0 Å². The number of thiophene rings is 1. The molecule has 2 aromatic heterocycles. The van der Waals surface area contributed by atoms with E-state index in [-0.39, 0.29) is 18.3 Å². The lowest BCUT2D eigenvalue weighted by Gasteiger charge is -2.34. The van der Waals surface area contributed by atoms with Crippen LogP contribution in [0.5, 0.6) is 0 Å². The van der Waals surface area contributed by atoms with Crippen LogP contribution in [-0.2, 0) is 17.8 Å². The fourth-order valence-corrected chi connectivity index (χ4v) is 4.82. The molecule has 1 aliphatic heterocycles. The van der Waals surface area contributed by atoms with Gasteiger partial charge in [-0.25, -0.2) is 4.98 Å². The Bertz CT molecular complexity index is 889. The summed E-state index contributed by atoms with van der Waals surface area (Å²) in [6, 6.07) is 11.8. The van der Waals surface area contributed by atoms with Gasteiger partial charge in [0, 0.05) is 47.0 Å². The van der Waals surface area contributed by atoms with Gasteiger partial charge in [-0.05, 0) is 23.6 Å². The van der Waals surface area contributed by atoms with E-state index in [4.69, 9.17) is 16.6 Å². The zero-order valence-electron chi connectivity index (χ0n) is 15.2. The Kier molecular flexibility index (Phi) is 7.48. The van der Waals surface area contributed by atoms with Crippen LogP contribution in [0.1, 0.15) is 9.88 Å². The van der Waals surface area contributed by atoms with Crippen molar-refractivity contribution in [3.8, 4) is 11.3 Å². The Morgan fingerprint density at radius 3 is 2.50 bits per heavy atom. The highest BCUT2D eigenvalue weighted by Crippen LogP contribution is 2.24. The van der Waals surface area contributed by atoms with Gasteiger partial charge in [0.2, 0.25) is 5.91 Å². The van der Waals surface area contributed by atoms with E-state index in [9.17, 15) is 4.79 Å². The van der Waals surface area contributed by atoms with Crippen molar-refractivity contribution in [2.75, 3.05) is 26.2 Å². The maximum absolute atomic E-state index is 12.4. The van der Waals surface area contributed by atoms with Crippen LogP contribution in [0.4, 0.5) is 0 Å². The number of aromatic nitrogens is 1. The summed E-state index contributed by atoms with van der Waals surface area (Å²) in [6.45, 7) is 4.21. The van der Waals surface area contributed by atoms with Crippen molar-refractivity contribution in [1.29, 1.82) is 0 Å². The minimum atomic E-state index is 0. The molecule has 0 atom stereocenters. The van der Waals surface area contributed by atoms with Gasteiger partial charge in [0.15, 0.2) is 0 Å². The average Bonchev–Trinajstić information content (AvgIpc) is 3.35. The second-order valence-corrected chi connectivity index (χ2v) is 8.96. The molecule has 1 aromatic carbocycles. The predicted molar refractivity (Wildman–Crippen MR) is 120 cm³/mol.